The number of fused-ring (bicyclic) bond motifs is 1. The Morgan fingerprint density at radius 1 is 1.50 bits per heavy atom. The molecule has 16 heavy (non-hydrogen) atoms. The average molecular weight is 232 g/mol. The average Bonchev–Trinajstić information content (AvgIpc) is 3.07. The van der Waals surface area contributed by atoms with Gasteiger partial charge in [-0.1, -0.05) is 6.07 Å². The van der Waals surface area contributed by atoms with Crippen molar-refractivity contribution >= 4 is 27.3 Å². The SMILES string of the molecule is NCC(=O)c1cccc2sc(C3CC3)nc12. The van der Waals surface area contributed by atoms with Crippen LogP contribution in [0, 0.1) is 0 Å². The van der Waals surface area contributed by atoms with Crippen LogP contribution in [0.1, 0.15) is 34.1 Å². The van der Waals surface area contributed by atoms with E-state index in [1.165, 1.54) is 17.8 Å². The van der Waals surface area contributed by atoms with Crippen LogP contribution in [0.4, 0.5) is 0 Å². The van der Waals surface area contributed by atoms with Crippen LogP contribution in [0.3, 0.4) is 0 Å². The summed E-state index contributed by atoms with van der Waals surface area (Å²) in [6.07, 6.45) is 2.47. The molecule has 0 atom stereocenters. The van der Waals surface area contributed by atoms with Gasteiger partial charge >= 0.3 is 0 Å². The summed E-state index contributed by atoms with van der Waals surface area (Å²) in [6, 6.07) is 5.74. The van der Waals surface area contributed by atoms with Crippen LogP contribution in [0.25, 0.3) is 10.2 Å². The minimum absolute atomic E-state index is 0.0294. The Balaban J connectivity index is 2.17. The number of aromatic nitrogens is 1. The lowest BCUT2D eigenvalue weighted by Gasteiger charge is -1.97. The van der Waals surface area contributed by atoms with E-state index >= 15 is 0 Å². The number of carbonyl (C=O) groups excluding carboxylic acids is 1. The summed E-state index contributed by atoms with van der Waals surface area (Å²) in [4.78, 5) is 16.2. The molecule has 0 unspecified atom stereocenters. The summed E-state index contributed by atoms with van der Waals surface area (Å²) in [6.45, 7) is 0.0510. The lowest BCUT2D eigenvalue weighted by Crippen LogP contribution is -2.13. The number of ketones is 1. The third kappa shape index (κ3) is 1.54. The molecular formula is C12H12N2OS. The van der Waals surface area contributed by atoms with E-state index in [1.807, 2.05) is 18.2 Å². The zero-order valence-electron chi connectivity index (χ0n) is 8.77. The van der Waals surface area contributed by atoms with Crippen LogP contribution >= 0.6 is 11.3 Å². The van der Waals surface area contributed by atoms with E-state index in [1.54, 1.807) is 11.3 Å². The van der Waals surface area contributed by atoms with Gasteiger partial charge in [0.1, 0.15) is 0 Å². The third-order valence-corrected chi connectivity index (χ3v) is 4.03. The number of para-hydroxylation sites is 1. The Hall–Kier alpha value is -1.26. The van der Waals surface area contributed by atoms with E-state index in [4.69, 9.17) is 5.73 Å². The lowest BCUT2D eigenvalue weighted by molar-refractivity contribution is 0.100. The molecule has 1 aromatic carbocycles. The molecule has 1 heterocycles. The molecule has 82 valence electrons. The molecule has 0 aliphatic heterocycles. The molecule has 0 radical (unpaired) electrons. The molecule has 1 aliphatic carbocycles. The van der Waals surface area contributed by atoms with Crippen LogP contribution < -0.4 is 5.73 Å². The first-order valence-corrected chi connectivity index (χ1v) is 6.24. The summed E-state index contributed by atoms with van der Waals surface area (Å²) in [7, 11) is 0. The zero-order chi connectivity index (χ0) is 11.1. The molecule has 3 nitrogen and oxygen atoms in total. The van der Waals surface area contributed by atoms with Crippen molar-refractivity contribution in [2.75, 3.05) is 6.54 Å². The van der Waals surface area contributed by atoms with E-state index in [0.29, 0.717) is 11.5 Å². The first-order chi connectivity index (χ1) is 7.79. The molecule has 2 aromatic rings. The summed E-state index contributed by atoms with van der Waals surface area (Å²) >= 11 is 1.71. The highest BCUT2D eigenvalue weighted by molar-refractivity contribution is 7.18. The Kier molecular flexibility index (Phi) is 2.26. The predicted octanol–water partition coefficient (Wildman–Crippen LogP) is 2.32. The molecule has 4 heteroatoms. The second-order valence-corrected chi connectivity index (χ2v) is 5.17. The monoisotopic (exact) mass is 232 g/mol. The van der Waals surface area contributed by atoms with Crippen molar-refractivity contribution in [3.05, 3.63) is 28.8 Å². The fourth-order valence-corrected chi connectivity index (χ4v) is 2.97. The number of hydrogen-bond acceptors (Lipinski definition) is 4. The number of Topliss-reactive ketones (excluding diaryl/α,β-unsaturated/α-hetero) is 1. The van der Waals surface area contributed by atoms with Crippen LogP contribution in [-0.4, -0.2) is 17.3 Å². The normalized spacial score (nSPS) is 15.6. The molecule has 0 spiro atoms. The second-order valence-electron chi connectivity index (χ2n) is 4.11. The highest BCUT2D eigenvalue weighted by atomic mass is 32.1. The third-order valence-electron chi connectivity index (χ3n) is 2.85. The van der Waals surface area contributed by atoms with E-state index < -0.39 is 0 Å². The summed E-state index contributed by atoms with van der Waals surface area (Å²) in [5.41, 5.74) is 6.91. The number of nitrogens with zero attached hydrogens (tertiary/aromatic N) is 1. The van der Waals surface area contributed by atoms with Crippen LogP contribution in [0.2, 0.25) is 0 Å². The van der Waals surface area contributed by atoms with Gasteiger partial charge < -0.3 is 5.73 Å². The maximum absolute atomic E-state index is 11.7. The van der Waals surface area contributed by atoms with Gasteiger partial charge in [-0.2, -0.15) is 0 Å². The first kappa shape index (κ1) is 9.93. The van der Waals surface area contributed by atoms with E-state index in [2.05, 4.69) is 4.98 Å². The van der Waals surface area contributed by atoms with Gasteiger partial charge in [-0.15, -0.1) is 11.3 Å². The van der Waals surface area contributed by atoms with Crippen LogP contribution in [0.5, 0.6) is 0 Å². The van der Waals surface area contributed by atoms with E-state index in [9.17, 15) is 4.79 Å². The summed E-state index contributed by atoms with van der Waals surface area (Å²) in [5.74, 6) is 0.608. The highest BCUT2D eigenvalue weighted by Crippen LogP contribution is 2.43. The van der Waals surface area contributed by atoms with Crippen LogP contribution in [-0.2, 0) is 0 Å². The minimum atomic E-state index is -0.0294. The fraction of sp³-hybridized carbons (Fsp3) is 0.333. The number of benzene rings is 1. The van der Waals surface area contributed by atoms with E-state index in [0.717, 1.165) is 10.2 Å². The fourth-order valence-electron chi connectivity index (χ4n) is 1.81. The van der Waals surface area contributed by atoms with Crippen molar-refractivity contribution in [2.45, 2.75) is 18.8 Å². The molecule has 1 aliphatic rings. The summed E-state index contributed by atoms with van der Waals surface area (Å²) in [5, 5.41) is 1.17. The van der Waals surface area contributed by atoms with Crippen molar-refractivity contribution < 1.29 is 4.79 Å². The molecular weight excluding hydrogens is 220 g/mol. The Bertz CT molecular complexity index is 557. The number of nitrogens with two attached hydrogens (primary N) is 1. The lowest BCUT2D eigenvalue weighted by atomic mass is 10.1. The molecule has 1 saturated carbocycles. The maximum Gasteiger partial charge on any atom is 0.178 e. The standard InChI is InChI=1S/C12H12N2OS/c13-6-9(15)8-2-1-3-10-11(8)14-12(16-10)7-4-5-7/h1-3,7H,4-6,13H2. The van der Waals surface area contributed by atoms with Crippen molar-refractivity contribution in [3.63, 3.8) is 0 Å². The molecule has 1 aromatic heterocycles. The summed E-state index contributed by atoms with van der Waals surface area (Å²) < 4.78 is 1.10. The largest absolute Gasteiger partial charge is 0.324 e. The number of thiazole rings is 1. The van der Waals surface area contributed by atoms with Gasteiger partial charge in [0.05, 0.1) is 21.8 Å². The molecule has 0 bridgehead atoms. The van der Waals surface area contributed by atoms with E-state index in [-0.39, 0.29) is 12.3 Å². The predicted molar refractivity (Wildman–Crippen MR) is 65.0 cm³/mol. The zero-order valence-corrected chi connectivity index (χ0v) is 9.59. The quantitative estimate of drug-likeness (QED) is 0.826. The minimum Gasteiger partial charge on any atom is -0.324 e. The molecule has 1 fully saturated rings. The molecule has 0 amide bonds. The number of rotatable bonds is 3. The van der Waals surface area contributed by atoms with Crippen molar-refractivity contribution in [1.29, 1.82) is 0 Å². The molecule has 3 rings (SSSR count). The Morgan fingerprint density at radius 3 is 3.00 bits per heavy atom. The Labute approximate surface area is 97.3 Å². The van der Waals surface area contributed by atoms with Gasteiger partial charge in [0.2, 0.25) is 0 Å². The van der Waals surface area contributed by atoms with Gasteiger partial charge in [0.15, 0.2) is 5.78 Å². The number of carbonyl (C=O) groups is 1. The molecule has 2 N–H and O–H groups in total. The Morgan fingerprint density at radius 2 is 2.31 bits per heavy atom. The van der Waals surface area contributed by atoms with Gasteiger partial charge in [0.25, 0.3) is 0 Å². The van der Waals surface area contributed by atoms with Crippen molar-refractivity contribution in [1.82, 2.24) is 4.98 Å². The highest BCUT2D eigenvalue weighted by Gasteiger charge is 2.27. The first-order valence-electron chi connectivity index (χ1n) is 5.42. The van der Waals surface area contributed by atoms with Gasteiger partial charge in [-0.25, -0.2) is 4.98 Å². The molecule has 0 saturated heterocycles. The van der Waals surface area contributed by atoms with Crippen molar-refractivity contribution in [2.24, 2.45) is 5.73 Å². The topological polar surface area (TPSA) is 56.0 Å². The second kappa shape index (κ2) is 3.64. The van der Waals surface area contributed by atoms with Gasteiger partial charge in [-0.3, -0.25) is 4.79 Å². The van der Waals surface area contributed by atoms with Crippen LogP contribution in [0.15, 0.2) is 18.2 Å². The number of hydrogen-bond donors (Lipinski definition) is 1. The maximum atomic E-state index is 11.7. The van der Waals surface area contributed by atoms with Gasteiger partial charge in [0, 0.05) is 11.5 Å². The smallest absolute Gasteiger partial charge is 0.178 e. The van der Waals surface area contributed by atoms with Gasteiger partial charge in [-0.05, 0) is 25.0 Å². The van der Waals surface area contributed by atoms with Crippen molar-refractivity contribution in [3.8, 4) is 0 Å².